The van der Waals surface area contributed by atoms with Crippen molar-refractivity contribution in [3.05, 3.63) is 36.0 Å². The van der Waals surface area contributed by atoms with Gasteiger partial charge in [0.2, 0.25) is 11.8 Å². The van der Waals surface area contributed by atoms with Crippen LogP contribution in [0.2, 0.25) is 0 Å². The number of benzene rings is 1. The van der Waals surface area contributed by atoms with Crippen LogP contribution in [-0.4, -0.2) is 22.2 Å². The van der Waals surface area contributed by atoms with E-state index >= 15 is 0 Å². The Bertz CT molecular complexity index is 633. The first-order valence-electron chi connectivity index (χ1n) is 7.83. The summed E-state index contributed by atoms with van der Waals surface area (Å²) in [5, 5.41) is 6.72. The second kappa shape index (κ2) is 7.76. The van der Waals surface area contributed by atoms with Crippen LogP contribution in [-0.2, 0) is 11.2 Å². The topological polar surface area (TPSA) is 77.2 Å². The van der Waals surface area contributed by atoms with Crippen LogP contribution in [0.15, 0.2) is 28.8 Å². The van der Waals surface area contributed by atoms with Crippen LogP contribution in [0.4, 0.5) is 5.69 Å². The molecule has 0 atom stereocenters. The fourth-order valence-corrected chi connectivity index (χ4v) is 1.94. The van der Waals surface area contributed by atoms with Crippen molar-refractivity contribution in [1.29, 1.82) is 0 Å². The first-order valence-corrected chi connectivity index (χ1v) is 7.83. The average Bonchev–Trinajstić information content (AvgIpc) is 2.96. The van der Waals surface area contributed by atoms with Crippen molar-refractivity contribution in [2.75, 3.05) is 5.32 Å². The zero-order valence-corrected chi connectivity index (χ0v) is 14.0. The maximum atomic E-state index is 12.0. The highest BCUT2D eigenvalue weighted by Gasteiger charge is 2.11. The summed E-state index contributed by atoms with van der Waals surface area (Å²) in [6, 6.07) is 7.31. The first-order chi connectivity index (χ1) is 10.9. The molecule has 0 unspecified atom stereocenters. The Balaban J connectivity index is 1.82. The van der Waals surface area contributed by atoms with E-state index in [1.54, 1.807) is 0 Å². The number of nitrogens with one attached hydrogen (secondary N) is 1. The molecule has 0 aliphatic heterocycles. The highest BCUT2D eigenvalue weighted by Crippen LogP contribution is 2.17. The number of aryl methyl sites for hydroxylation is 1. The van der Waals surface area contributed by atoms with Gasteiger partial charge in [0, 0.05) is 24.4 Å². The van der Waals surface area contributed by atoms with E-state index in [4.69, 9.17) is 9.26 Å². The number of aromatic nitrogens is 2. The molecule has 23 heavy (non-hydrogen) atoms. The van der Waals surface area contributed by atoms with Crippen LogP contribution < -0.4 is 10.1 Å². The van der Waals surface area contributed by atoms with Gasteiger partial charge in [-0.3, -0.25) is 4.79 Å². The Morgan fingerprint density at radius 1 is 1.22 bits per heavy atom. The number of ether oxygens (including phenoxy) is 1. The monoisotopic (exact) mass is 317 g/mol. The molecular formula is C17H23N3O3. The predicted octanol–water partition coefficient (Wildman–Crippen LogP) is 3.55. The van der Waals surface area contributed by atoms with Crippen molar-refractivity contribution in [2.24, 2.45) is 0 Å². The van der Waals surface area contributed by atoms with Gasteiger partial charge in [-0.05, 0) is 38.1 Å². The molecule has 0 bridgehead atoms. The predicted molar refractivity (Wildman–Crippen MR) is 87.5 cm³/mol. The molecule has 0 saturated carbocycles. The Labute approximate surface area is 136 Å². The van der Waals surface area contributed by atoms with E-state index < -0.39 is 0 Å². The summed E-state index contributed by atoms with van der Waals surface area (Å²) >= 11 is 0. The lowest BCUT2D eigenvalue weighted by Gasteiger charge is -2.10. The van der Waals surface area contributed by atoms with E-state index in [-0.39, 0.29) is 17.9 Å². The van der Waals surface area contributed by atoms with Gasteiger partial charge in [0.05, 0.1) is 6.10 Å². The Hall–Kier alpha value is -2.37. The number of hydrogen-bond acceptors (Lipinski definition) is 5. The number of nitrogens with zero attached hydrogens (tertiary/aromatic N) is 2. The van der Waals surface area contributed by atoms with E-state index in [0.717, 1.165) is 11.4 Å². The van der Waals surface area contributed by atoms with Gasteiger partial charge < -0.3 is 14.6 Å². The van der Waals surface area contributed by atoms with Crippen LogP contribution in [0.5, 0.6) is 5.75 Å². The molecule has 0 saturated heterocycles. The number of anilines is 1. The van der Waals surface area contributed by atoms with Crippen molar-refractivity contribution < 1.29 is 14.1 Å². The van der Waals surface area contributed by atoms with Crippen molar-refractivity contribution in [2.45, 2.75) is 52.6 Å². The lowest BCUT2D eigenvalue weighted by atomic mass is 10.2. The number of carbonyl (C=O) groups is 1. The largest absolute Gasteiger partial charge is 0.491 e. The standard InChI is InChI=1S/C17H23N3O3/c1-11(2)17-19-16(23-20-17)10-9-15(21)18-13-5-7-14(8-6-13)22-12(3)4/h5-8,11-12H,9-10H2,1-4H3,(H,18,21). The van der Waals surface area contributed by atoms with E-state index in [2.05, 4.69) is 15.5 Å². The maximum Gasteiger partial charge on any atom is 0.227 e. The van der Waals surface area contributed by atoms with Crippen LogP contribution in [0.3, 0.4) is 0 Å². The molecule has 1 aromatic heterocycles. The molecule has 2 aromatic rings. The smallest absolute Gasteiger partial charge is 0.227 e. The first kappa shape index (κ1) is 17.0. The third-order valence-corrected chi connectivity index (χ3v) is 3.08. The highest BCUT2D eigenvalue weighted by molar-refractivity contribution is 5.90. The van der Waals surface area contributed by atoms with Gasteiger partial charge in [0.15, 0.2) is 5.82 Å². The molecule has 0 radical (unpaired) electrons. The number of rotatable bonds is 7. The molecule has 2 rings (SSSR count). The molecule has 0 spiro atoms. The molecule has 0 aliphatic carbocycles. The molecular weight excluding hydrogens is 294 g/mol. The van der Waals surface area contributed by atoms with Crippen molar-refractivity contribution in [1.82, 2.24) is 10.1 Å². The second-order valence-corrected chi connectivity index (χ2v) is 5.94. The highest BCUT2D eigenvalue weighted by atomic mass is 16.5. The minimum absolute atomic E-state index is 0.0909. The van der Waals surface area contributed by atoms with E-state index in [0.29, 0.717) is 24.6 Å². The second-order valence-electron chi connectivity index (χ2n) is 5.94. The summed E-state index contributed by atoms with van der Waals surface area (Å²) in [5.74, 6) is 2.07. The van der Waals surface area contributed by atoms with Gasteiger partial charge in [-0.15, -0.1) is 0 Å². The SMILES string of the molecule is CC(C)Oc1ccc(NC(=O)CCc2nc(C(C)C)no2)cc1. The molecule has 1 N–H and O–H groups in total. The zero-order chi connectivity index (χ0) is 16.8. The fraction of sp³-hybridized carbons (Fsp3) is 0.471. The number of hydrogen-bond donors (Lipinski definition) is 1. The zero-order valence-electron chi connectivity index (χ0n) is 14.0. The molecule has 1 aromatic carbocycles. The lowest BCUT2D eigenvalue weighted by molar-refractivity contribution is -0.116. The summed E-state index contributed by atoms with van der Waals surface area (Å²) in [6.45, 7) is 7.93. The van der Waals surface area contributed by atoms with Crippen molar-refractivity contribution in [3.63, 3.8) is 0 Å². The van der Waals surface area contributed by atoms with Crippen LogP contribution in [0.1, 0.15) is 51.7 Å². The van der Waals surface area contributed by atoms with Crippen LogP contribution >= 0.6 is 0 Å². The van der Waals surface area contributed by atoms with Crippen molar-refractivity contribution in [3.8, 4) is 5.75 Å². The molecule has 1 heterocycles. The van der Waals surface area contributed by atoms with Crippen LogP contribution in [0.25, 0.3) is 0 Å². The van der Waals surface area contributed by atoms with E-state index in [9.17, 15) is 4.79 Å². The fourth-order valence-electron chi connectivity index (χ4n) is 1.94. The average molecular weight is 317 g/mol. The minimum atomic E-state index is -0.0909. The van der Waals surface area contributed by atoms with Gasteiger partial charge in [0.25, 0.3) is 0 Å². The number of carbonyl (C=O) groups excluding carboxylic acids is 1. The molecule has 124 valence electrons. The third-order valence-electron chi connectivity index (χ3n) is 3.08. The molecule has 6 nitrogen and oxygen atoms in total. The summed E-state index contributed by atoms with van der Waals surface area (Å²) in [5.41, 5.74) is 0.736. The lowest BCUT2D eigenvalue weighted by Crippen LogP contribution is -2.12. The van der Waals surface area contributed by atoms with Crippen LogP contribution in [0, 0.1) is 0 Å². The molecule has 0 aliphatic rings. The van der Waals surface area contributed by atoms with Gasteiger partial charge in [-0.25, -0.2) is 0 Å². The molecule has 6 heteroatoms. The quantitative estimate of drug-likeness (QED) is 0.845. The van der Waals surface area contributed by atoms with Gasteiger partial charge in [-0.1, -0.05) is 19.0 Å². The Morgan fingerprint density at radius 3 is 2.48 bits per heavy atom. The molecule has 1 amide bonds. The van der Waals surface area contributed by atoms with Gasteiger partial charge in [-0.2, -0.15) is 4.98 Å². The van der Waals surface area contributed by atoms with Gasteiger partial charge in [0.1, 0.15) is 5.75 Å². The van der Waals surface area contributed by atoms with Crippen molar-refractivity contribution >= 4 is 11.6 Å². The summed E-state index contributed by atoms with van der Waals surface area (Å²) in [6.07, 6.45) is 0.852. The summed E-state index contributed by atoms with van der Waals surface area (Å²) in [4.78, 5) is 16.2. The van der Waals surface area contributed by atoms with E-state index in [1.807, 2.05) is 52.0 Å². The summed E-state index contributed by atoms with van der Waals surface area (Å²) < 4.78 is 10.7. The Morgan fingerprint density at radius 2 is 1.91 bits per heavy atom. The Kier molecular flexibility index (Phi) is 5.73. The number of amides is 1. The third kappa shape index (κ3) is 5.39. The minimum Gasteiger partial charge on any atom is -0.491 e. The summed E-state index contributed by atoms with van der Waals surface area (Å²) in [7, 11) is 0. The normalized spacial score (nSPS) is 11.0. The maximum absolute atomic E-state index is 12.0. The van der Waals surface area contributed by atoms with Gasteiger partial charge >= 0.3 is 0 Å². The van der Waals surface area contributed by atoms with E-state index in [1.165, 1.54) is 0 Å². The molecule has 0 fully saturated rings.